The van der Waals surface area contributed by atoms with E-state index >= 15 is 0 Å². The van der Waals surface area contributed by atoms with E-state index in [1.807, 2.05) is 35.1 Å². The van der Waals surface area contributed by atoms with Gasteiger partial charge >= 0.3 is 0 Å². The van der Waals surface area contributed by atoms with Crippen LogP contribution in [0.15, 0.2) is 72.0 Å². The molecular formula is C24H30IN7. The Kier molecular flexibility index (Phi) is 8.66. The van der Waals surface area contributed by atoms with Crippen molar-refractivity contribution >= 4 is 41.0 Å². The summed E-state index contributed by atoms with van der Waals surface area (Å²) < 4.78 is 4.18. The molecule has 0 aliphatic carbocycles. The molecule has 0 spiro atoms. The molecule has 2 aromatic heterocycles. The molecule has 0 saturated carbocycles. The monoisotopic (exact) mass is 543 g/mol. The quantitative estimate of drug-likeness (QED) is 0.153. The van der Waals surface area contributed by atoms with Gasteiger partial charge in [-0.15, -0.1) is 24.0 Å². The van der Waals surface area contributed by atoms with Crippen molar-refractivity contribution in [2.24, 2.45) is 4.99 Å². The molecule has 4 rings (SSSR count). The van der Waals surface area contributed by atoms with E-state index in [2.05, 4.69) is 73.7 Å². The molecule has 2 N–H and O–H groups in total. The third-order valence-corrected chi connectivity index (χ3v) is 5.28. The van der Waals surface area contributed by atoms with Crippen LogP contribution < -0.4 is 10.6 Å². The van der Waals surface area contributed by atoms with Crippen LogP contribution in [0.5, 0.6) is 0 Å². The van der Waals surface area contributed by atoms with Crippen LogP contribution in [0.25, 0.3) is 16.7 Å². The minimum Gasteiger partial charge on any atom is -0.356 e. The average molecular weight is 543 g/mol. The molecule has 8 heteroatoms. The number of rotatable bonds is 8. The van der Waals surface area contributed by atoms with Crippen molar-refractivity contribution in [3.8, 4) is 5.69 Å². The molecule has 0 fully saturated rings. The summed E-state index contributed by atoms with van der Waals surface area (Å²) in [5.74, 6) is 1.88. The summed E-state index contributed by atoms with van der Waals surface area (Å²) in [6.45, 7) is 4.63. The predicted octanol–water partition coefficient (Wildman–Crippen LogP) is 3.95. The van der Waals surface area contributed by atoms with Gasteiger partial charge in [0.25, 0.3) is 0 Å². The second-order valence-electron chi connectivity index (χ2n) is 7.46. The molecular weight excluding hydrogens is 513 g/mol. The van der Waals surface area contributed by atoms with Crippen molar-refractivity contribution in [1.82, 2.24) is 30.0 Å². The van der Waals surface area contributed by atoms with Crippen LogP contribution in [0, 0.1) is 6.92 Å². The van der Waals surface area contributed by atoms with Gasteiger partial charge in [-0.3, -0.25) is 4.99 Å². The van der Waals surface area contributed by atoms with Crippen LogP contribution in [0.4, 0.5) is 0 Å². The number of halogens is 1. The Morgan fingerprint density at radius 2 is 1.75 bits per heavy atom. The van der Waals surface area contributed by atoms with E-state index in [9.17, 15) is 0 Å². The maximum absolute atomic E-state index is 4.63. The molecule has 0 bridgehead atoms. The van der Waals surface area contributed by atoms with Gasteiger partial charge in [-0.25, -0.2) is 9.67 Å². The zero-order valence-corrected chi connectivity index (χ0v) is 20.9. The van der Waals surface area contributed by atoms with Gasteiger partial charge in [-0.1, -0.05) is 30.3 Å². The highest BCUT2D eigenvalue weighted by Gasteiger charge is 2.06. The Balaban J connectivity index is 0.00000289. The minimum atomic E-state index is 0. The fourth-order valence-corrected chi connectivity index (χ4v) is 3.68. The Hall–Kier alpha value is -2.88. The summed E-state index contributed by atoms with van der Waals surface area (Å²) in [4.78, 5) is 8.96. The third kappa shape index (κ3) is 5.87. The van der Waals surface area contributed by atoms with E-state index in [4.69, 9.17) is 0 Å². The van der Waals surface area contributed by atoms with E-state index < -0.39 is 0 Å². The van der Waals surface area contributed by atoms with Gasteiger partial charge in [0.15, 0.2) is 5.96 Å². The van der Waals surface area contributed by atoms with Gasteiger partial charge in [0.2, 0.25) is 0 Å². The smallest absolute Gasteiger partial charge is 0.190 e. The largest absolute Gasteiger partial charge is 0.356 e. The fraction of sp³-hybridized carbons (Fsp3) is 0.292. The standard InChI is InChI=1S/C24H29N7.HI/c1-19-29-22-11-6-7-12-23(22)30(19)16-8-14-26-24(25-2)27-15-13-20-17-28-31(18-20)21-9-4-3-5-10-21;/h3-7,9-12,17-18H,8,13-16H2,1-2H3,(H2,25,26,27);1H. The highest BCUT2D eigenvalue weighted by Crippen LogP contribution is 2.15. The van der Waals surface area contributed by atoms with Gasteiger partial charge < -0.3 is 15.2 Å². The second kappa shape index (κ2) is 11.7. The molecule has 0 aliphatic rings. The molecule has 0 saturated heterocycles. The van der Waals surface area contributed by atoms with E-state index in [0.717, 1.165) is 55.5 Å². The number of imidazole rings is 1. The summed E-state index contributed by atoms with van der Waals surface area (Å²) in [7, 11) is 1.80. The number of fused-ring (bicyclic) bond motifs is 1. The average Bonchev–Trinajstić information content (AvgIpc) is 3.40. The lowest BCUT2D eigenvalue weighted by Crippen LogP contribution is -2.39. The molecule has 0 unspecified atom stereocenters. The first kappa shape index (κ1) is 23.8. The van der Waals surface area contributed by atoms with Crippen LogP contribution in [0.2, 0.25) is 0 Å². The summed E-state index contributed by atoms with van der Waals surface area (Å²) in [6, 6.07) is 18.4. The van der Waals surface area contributed by atoms with Gasteiger partial charge in [0, 0.05) is 32.9 Å². The number of benzene rings is 2. The Bertz CT molecular complexity index is 1150. The molecule has 4 aromatic rings. The Morgan fingerprint density at radius 1 is 1.00 bits per heavy atom. The maximum atomic E-state index is 4.63. The molecule has 2 heterocycles. The first-order valence-electron chi connectivity index (χ1n) is 10.7. The summed E-state index contributed by atoms with van der Waals surface area (Å²) in [6.07, 6.45) is 5.87. The van der Waals surface area contributed by atoms with Crippen molar-refractivity contribution in [3.05, 3.63) is 78.4 Å². The van der Waals surface area contributed by atoms with Crippen molar-refractivity contribution < 1.29 is 0 Å². The number of nitrogens with zero attached hydrogens (tertiary/aromatic N) is 5. The van der Waals surface area contributed by atoms with Gasteiger partial charge in [0.05, 0.1) is 22.9 Å². The van der Waals surface area contributed by atoms with Crippen molar-refractivity contribution in [1.29, 1.82) is 0 Å². The fourth-order valence-electron chi connectivity index (χ4n) is 3.68. The van der Waals surface area contributed by atoms with Crippen molar-refractivity contribution in [2.75, 3.05) is 20.1 Å². The lowest BCUT2D eigenvalue weighted by Gasteiger charge is -2.12. The highest BCUT2D eigenvalue weighted by atomic mass is 127. The number of para-hydroxylation sites is 3. The first-order valence-corrected chi connectivity index (χ1v) is 10.7. The Morgan fingerprint density at radius 3 is 2.56 bits per heavy atom. The van der Waals surface area contributed by atoms with Gasteiger partial charge in [0.1, 0.15) is 5.82 Å². The zero-order chi connectivity index (χ0) is 21.5. The van der Waals surface area contributed by atoms with Crippen LogP contribution in [-0.2, 0) is 13.0 Å². The molecule has 0 atom stereocenters. The number of aryl methyl sites for hydroxylation is 2. The third-order valence-electron chi connectivity index (χ3n) is 5.28. The first-order chi connectivity index (χ1) is 15.2. The minimum absolute atomic E-state index is 0. The van der Waals surface area contributed by atoms with E-state index in [1.165, 1.54) is 11.1 Å². The second-order valence-corrected chi connectivity index (χ2v) is 7.46. The molecule has 0 aliphatic heterocycles. The lowest BCUT2D eigenvalue weighted by atomic mass is 10.2. The van der Waals surface area contributed by atoms with Crippen molar-refractivity contribution in [3.63, 3.8) is 0 Å². The normalized spacial score (nSPS) is 11.4. The number of hydrogen-bond acceptors (Lipinski definition) is 3. The van der Waals surface area contributed by atoms with E-state index in [1.54, 1.807) is 7.05 Å². The predicted molar refractivity (Wildman–Crippen MR) is 141 cm³/mol. The SMILES string of the molecule is CN=C(NCCCn1c(C)nc2ccccc21)NCCc1cnn(-c2ccccc2)c1.I. The molecule has 32 heavy (non-hydrogen) atoms. The summed E-state index contributed by atoms with van der Waals surface area (Å²) >= 11 is 0. The topological polar surface area (TPSA) is 72.1 Å². The summed E-state index contributed by atoms with van der Waals surface area (Å²) in [5, 5.41) is 11.2. The van der Waals surface area contributed by atoms with Crippen LogP contribution in [0.3, 0.4) is 0 Å². The van der Waals surface area contributed by atoms with Gasteiger partial charge in [-0.2, -0.15) is 5.10 Å². The van der Waals surface area contributed by atoms with Crippen molar-refractivity contribution in [2.45, 2.75) is 26.3 Å². The number of aromatic nitrogens is 4. The highest BCUT2D eigenvalue weighted by molar-refractivity contribution is 14.0. The number of guanidine groups is 1. The number of aliphatic imine (C=N–C) groups is 1. The van der Waals surface area contributed by atoms with Crippen LogP contribution >= 0.6 is 24.0 Å². The zero-order valence-electron chi connectivity index (χ0n) is 18.5. The molecule has 168 valence electrons. The van der Waals surface area contributed by atoms with E-state index in [0.29, 0.717) is 0 Å². The molecule has 0 amide bonds. The van der Waals surface area contributed by atoms with E-state index in [-0.39, 0.29) is 24.0 Å². The lowest BCUT2D eigenvalue weighted by molar-refractivity contribution is 0.624. The molecule has 0 radical (unpaired) electrons. The summed E-state index contributed by atoms with van der Waals surface area (Å²) in [5.41, 5.74) is 4.51. The van der Waals surface area contributed by atoms with Crippen LogP contribution in [-0.4, -0.2) is 45.4 Å². The number of nitrogens with one attached hydrogen (secondary N) is 2. The molecule has 7 nitrogen and oxygen atoms in total. The number of hydrogen-bond donors (Lipinski definition) is 2. The maximum Gasteiger partial charge on any atom is 0.190 e. The molecule has 2 aromatic carbocycles. The van der Waals surface area contributed by atoms with Crippen LogP contribution in [0.1, 0.15) is 17.8 Å². The Labute approximate surface area is 206 Å². The van der Waals surface area contributed by atoms with Gasteiger partial charge in [-0.05, 0) is 49.6 Å².